The van der Waals surface area contributed by atoms with Gasteiger partial charge in [-0.3, -0.25) is 13.9 Å². The number of carbonyl (C=O) groups excluding carboxylic acids is 1. The minimum absolute atomic E-state index is 0.471. The molecule has 78 valence electrons. The maximum absolute atomic E-state index is 11.1. The van der Waals surface area contributed by atoms with Gasteiger partial charge in [0.25, 0.3) is 0 Å². The van der Waals surface area contributed by atoms with E-state index in [0.29, 0.717) is 0 Å². The molecule has 0 spiro atoms. The second-order valence-corrected chi connectivity index (χ2v) is 5.60. The van der Waals surface area contributed by atoms with Crippen LogP contribution < -0.4 is 0 Å². The Morgan fingerprint density at radius 1 is 1.46 bits per heavy atom. The lowest BCUT2D eigenvalue weighted by atomic mass is 9.98. The van der Waals surface area contributed by atoms with Crippen molar-refractivity contribution in [2.24, 2.45) is 5.41 Å². The van der Waals surface area contributed by atoms with Crippen LogP contribution in [0.5, 0.6) is 0 Å². The molecule has 1 N–H and O–H groups in total. The minimum atomic E-state index is -3.55. The topological polar surface area (TPSA) is 72.8 Å². The predicted molar refractivity (Wildman–Crippen MR) is 47.2 cm³/mol. The molecule has 0 unspecified atom stereocenters. The average Bonchev–Trinajstić information content (AvgIpc) is 1.82. The number of rotatable bonds is 3. The van der Waals surface area contributed by atoms with Gasteiger partial charge < -0.3 is 9.63 Å². The normalized spacial score (nSPS) is 16.4. The average molecular weight is 210 g/mol. The van der Waals surface area contributed by atoms with Crippen molar-refractivity contribution in [3.63, 3.8) is 0 Å². The summed E-state index contributed by atoms with van der Waals surface area (Å²) in [4.78, 5) is 19.8. The van der Waals surface area contributed by atoms with Crippen molar-refractivity contribution < 1.29 is 23.5 Å². The molecule has 0 saturated carbocycles. The van der Waals surface area contributed by atoms with Gasteiger partial charge in [-0.1, -0.05) is 0 Å². The molecule has 0 rings (SSSR count). The monoisotopic (exact) mass is 210 g/mol. The number of hydrogen-bond acceptors (Lipinski definition) is 4. The van der Waals surface area contributed by atoms with Gasteiger partial charge in [0, 0.05) is 6.66 Å². The van der Waals surface area contributed by atoms with Crippen LogP contribution in [0, 0.1) is 5.41 Å². The molecule has 0 aromatic heterocycles. The van der Waals surface area contributed by atoms with E-state index >= 15 is 0 Å². The Balaban J connectivity index is 3.80. The van der Waals surface area contributed by atoms with Crippen LogP contribution in [-0.4, -0.2) is 24.3 Å². The van der Waals surface area contributed by atoms with Crippen LogP contribution in [0.2, 0.25) is 0 Å². The smallest absolute Gasteiger partial charge is 0.327 e. The zero-order valence-corrected chi connectivity index (χ0v) is 9.13. The minimum Gasteiger partial charge on any atom is -0.438 e. The van der Waals surface area contributed by atoms with Crippen molar-refractivity contribution in [1.29, 1.82) is 0 Å². The van der Waals surface area contributed by atoms with Crippen molar-refractivity contribution in [3.8, 4) is 0 Å². The maximum atomic E-state index is 11.1. The van der Waals surface area contributed by atoms with Crippen LogP contribution in [0.4, 0.5) is 0 Å². The molecule has 0 aliphatic heterocycles. The van der Waals surface area contributed by atoms with Crippen molar-refractivity contribution in [2.45, 2.75) is 20.8 Å². The summed E-state index contributed by atoms with van der Waals surface area (Å²) in [5.74, 6) is -0.471. The summed E-state index contributed by atoms with van der Waals surface area (Å²) in [7, 11) is -3.55. The van der Waals surface area contributed by atoms with E-state index in [1.165, 1.54) is 0 Å². The summed E-state index contributed by atoms with van der Waals surface area (Å²) in [5, 5.41) is 0. The quantitative estimate of drug-likeness (QED) is 0.432. The van der Waals surface area contributed by atoms with Gasteiger partial charge in [0.15, 0.2) is 0 Å². The lowest BCUT2D eigenvalue weighted by Gasteiger charge is -2.16. The van der Waals surface area contributed by atoms with Gasteiger partial charge in [0.1, 0.15) is 0 Å². The molecule has 0 aliphatic rings. The molecular formula is C7H15O5P. The molecule has 0 radical (unpaired) electrons. The molecule has 0 heterocycles. The van der Waals surface area contributed by atoms with Gasteiger partial charge in [0.05, 0.1) is 5.41 Å². The Morgan fingerprint density at radius 3 is 2.23 bits per heavy atom. The number of carbonyl (C=O) groups is 1. The SMILES string of the molecule is CC(C)(C)C(=O)OCO[P@@](C)(=O)O. The Bertz CT molecular complexity index is 224. The number of esters is 1. The molecule has 6 heteroatoms. The van der Waals surface area contributed by atoms with E-state index in [2.05, 4.69) is 9.26 Å². The number of hydrogen-bond donors (Lipinski definition) is 1. The van der Waals surface area contributed by atoms with E-state index in [1.807, 2.05) is 0 Å². The Morgan fingerprint density at radius 2 is 1.92 bits per heavy atom. The van der Waals surface area contributed by atoms with E-state index < -0.39 is 25.8 Å². The Kier molecular flexibility index (Phi) is 4.10. The Labute approximate surface area is 77.6 Å². The van der Waals surface area contributed by atoms with E-state index in [4.69, 9.17) is 4.89 Å². The first kappa shape index (κ1) is 12.6. The number of ether oxygens (including phenoxy) is 1. The summed E-state index contributed by atoms with van der Waals surface area (Å²) in [6.07, 6.45) is 0. The summed E-state index contributed by atoms with van der Waals surface area (Å²) in [6, 6.07) is 0. The van der Waals surface area contributed by atoms with Gasteiger partial charge >= 0.3 is 13.6 Å². The van der Waals surface area contributed by atoms with Gasteiger partial charge in [-0.05, 0) is 20.8 Å². The van der Waals surface area contributed by atoms with Crippen LogP contribution in [-0.2, 0) is 18.6 Å². The highest BCUT2D eigenvalue weighted by Crippen LogP contribution is 2.36. The lowest BCUT2D eigenvalue weighted by Crippen LogP contribution is -2.23. The Hall–Kier alpha value is -0.380. The van der Waals surface area contributed by atoms with Gasteiger partial charge in [-0.25, -0.2) is 0 Å². The van der Waals surface area contributed by atoms with Crippen molar-refractivity contribution in [3.05, 3.63) is 0 Å². The highest BCUT2D eigenvalue weighted by molar-refractivity contribution is 7.51. The fraction of sp³-hybridized carbons (Fsp3) is 0.857. The molecule has 0 aromatic carbocycles. The highest BCUT2D eigenvalue weighted by Gasteiger charge is 2.23. The summed E-state index contributed by atoms with van der Waals surface area (Å²) < 4.78 is 19.5. The van der Waals surface area contributed by atoms with Crippen molar-refractivity contribution >= 4 is 13.6 Å². The molecular weight excluding hydrogens is 195 g/mol. The zero-order chi connectivity index (χ0) is 10.7. The third-order valence-corrected chi connectivity index (χ3v) is 1.68. The van der Waals surface area contributed by atoms with E-state index in [0.717, 1.165) is 6.66 Å². The molecule has 0 aliphatic carbocycles. The molecule has 1 atom stereocenters. The van der Waals surface area contributed by atoms with Crippen LogP contribution in [0.25, 0.3) is 0 Å². The van der Waals surface area contributed by atoms with Gasteiger partial charge in [-0.15, -0.1) is 0 Å². The molecule has 0 aromatic rings. The van der Waals surface area contributed by atoms with Crippen LogP contribution >= 0.6 is 7.60 Å². The largest absolute Gasteiger partial charge is 0.438 e. The lowest BCUT2D eigenvalue weighted by molar-refractivity contribution is -0.159. The van der Waals surface area contributed by atoms with Crippen LogP contribution in [0.15, 0.2) is 0 Å². The molecule has 0 saturated heterocycles. The third-order valence-electron chi connectivity index (χ3n) is 1.09. The molecule has 5 nitrogen and oxygen atoms in total. The second kappa shape index (κ2) is 4.22. The van der Waals surface area contributed by atoms with Crippen LogP contribution in [0.3, 0.4) is 0 Å². The van der Waals surface area contributed by atoms with E-state index in [-0.39, 0.29) is 0 Å². The fourth-order valence-electron chi connectivity index (χ4n) is 0.394. The molecule has 0 amide bonds. The summed E-state index contributed by atoms with van der Waals surface area (Å²) >= 11 is 0. The second-order valence-electron chi connectivity index (χ2n) is 3.73. The van der Waals surface area contributed by atoms with E-state index in [9.17, 15) is 9.36 Å². The molecule has 0 bridgehead atoms. The standard InChI is InChI=1S/C7H15O5P/c1-7(2,3)6(8)11-5-12-13(4,9)10/h5H2,1-4H3,(H,9,10). The molecule has 0 fully saturated rings. The maximum Gasteiger partial charge on any atom is 0.327 e. The first-order valence-corrected chi connectivity index (χ1v) is 5.77. The van der Waals surface area contributed by atoms with E-state index in [1.54, 1.807) is 20.8 Å². The fourth-order valence-corrected chi connectivity index (χ4v) is 0.642. The summed E-state index contributed by atoms with van der Waals surface area (Å²) in [6.45, 7) is 5.58. The summed E-state index contributed by atoms with van der Waals surface area (Å²) in [5.41, 5.74) is -0.628. The highest BCUT2D eigenvalue weighted by atomic mass is 31.2. The van der Waals surface area contributed by atoms with Crippen LogP contribution in [0.1, 0.15) is 20.8 Å². The third kappa shape index (κ3) is 6.75. The zero-order valence-electron chi connectivity index (χ0n) is 8.23. The van der Waals surface area contributed by atoms with Crippen molar-refractivity contribution in [1.82, 2.24) is 0 Å². The van der Waals surface area contributed by atoms with Gasteiger partial charge in [-0.2, -0.15) is 0 Å². The molecule has 13 heavy (non-hydrogen) atoms. The first-order valence-electron chi connectivity index (χ1n) is 3.75. The first-order chi connectivity index (χ1) is 5.63. The predicted octanol–water partition coefficient (Wildman–Crippen LogP) is 1.36. The van der Waals surface area contributed by atoms with Crippen molar-refractivity contribution in [2.75, 3.05) is 13.5 Å². The van der Waals surface area contributed by atoms with Gasteiger partial charge in [0.2, 0.25) is 6.79 Å².